The molecule has 0 aliphatic carbocycles. The lowest BCUT2D eigenvalue weighted by atomic mass is 9.98. The number of aromatic nitrogens is 1. The molecular formula is C30H23ClN2OS. The van der Waals surface area contributed by atoms with Gasteiger partial charge in [-0.1, -0.05) is 96.0 Å². The summed E-state index contributed by atoms with van der Waals surface area (Å²) in [5.41, 5.74) is 6.76. The van der Waals surface area contributed by atoms with Gasteiger partial charge in [0, 0.05) is 32.1 Å². The van der Waals surface area contributed by atoms with Crippen LogP contribution in [0.2, 0.25) is 5.02 Å². The SMILES string of the molecule is Cc1ccc(-c2nc3cc(Cl)ccc3c(-c3ccccc3)c2SCC(=O)Nc2ccccc2)cc1. The molecule has 5 heteroatoms. The van der Waals surface area contributed by atoms with E-state index in [0.717, 1.165) is 43.9 Å². The number of fused-ring (bicyclic) bond motifs is 1. The summed E-state index contributed by atoms with van der Waals surface area (Å²) < 4.78 is 0. The van der Waals surface area contributed by atoms with Crippen molar-refractivity contribution in [3.8, 4) is 22.4 Å². The normalized spacial score (nSPS) is 10.9. The Morgan fingerprint density at radius 2 is 1.54 bits per heavy atom. The molecule has 0 fully saturated rings. The number of amides is 1. The Balaban J connectivity index is 1.65. The summed E-state index contributed by atoms with van der Waals surface area (Å²) in [5, 5.41) is 4.63. The number of anilines is 1. The second-order valence-electron chi connectivity index (χ2n) is 8.26. The molecule has 1 amide bonds. The lowest BCUT2D eigenvalue weighted by Gasteiger charge is -2.18. The highest BCUT2D eigenvalue weighted by molar-refractivity contribution is 8.00. The highest BCUT2D eigenvalue weighted by atomic mass is 35.5. The number of aryl methyl sites for hydroxylation is 1. The fourth-order valence-corrected chi connectivity index (χ4v) is 5.20. The van der Waals surface area contributed by atoms with Gasteiger partial charge in [-0.25, -0.2) is 4.98 Å². The minimum atomic E-state index is -0.0636. The van der Waals surface area contributed by atoms with Crippen LogP contribution in [0.3, 0.4) is 0 Å². The van der Waals surface area contributed by atoms with Gasteiger partial charge in [-0.05, 0) is 36.8 Å². The molecule has 0 unspecified atom stereocenters. The third-order valence-electron chi connectivity index (χ3n) is 5.70. The van der Waals surface area contributed by atoms with Crippen molar-refractivity contribution in [1.82, 2.24) is 4.98 Å². The molecule has 172 valence electrons. The molecule has 1 N–H and O–H groups in total. The molecule has 0 aliphatic heterocycles. The lowest BCUT2D eigenvalue weighted by molar-refractivity contribution is -0.113. The van der Waals surface area contributed by atoms with Crippen molar-refractivity contribution in [2.75, 3.05) is 11.1 Å². The average Bonchev–Trinajstić information content (AvgIpc) is 2.88. The van der Waals surface area contributed by atoms with E-state index in [-0.39, 0.29) is 11.7 Å². The van der Waals surface area contributed by atoms with Crippen LogP contribution in [0.15, 0.2) is 108 Å². The van der Waals surface area contributed by atoms with E-state index in [9.17, 15) is 4.79 Å². The van der Waals surface area contributed by atoms with Gasteiger partial charge < -0.3 is 5.32 Å². The van der Waals surface area contributed by atoms with E-state index in [0.29, 0.717) is 5.02 Å². The zero-order valence-electron chi connectivity index (χ0n) is 19.2. The molecule has 4 aromatic carbocycles. The maximum atomic E-state index is 12.9. The molecule has 1 aromatic heterocycles. The molecule has 0 bridgehead atoms. The van der Waals surface area contributed by atoms with Crippen molar-refractivity contribution >= 4 is 45.9 Å². The largest absolute Gasteiger partial charge is 0.325 e. The summed E-state index contributed by atoms with van der Waals surface area (Å²) in [4.78, 5) is 18.9. The minimum absolute atomic E-state index is 0.0636. The Bertz CT molecular complexity index is 1490. The van der Waals surface area contributed by atoms with Crippen LogP contribution in [-0.2, 0) is 4.79 Å². The van der Waals surface area contributed by atoms with E-state index in [2.05, 4.69) is 48.6 Å². The maximum Gasteiger partial charge on any atom is 0.234 e. The Morgan fingerprint density at radius 1 is 0.857 bits per heavy atom. The number of nitrogens with one attached hydrogen (secondary N) is 1. The van der Waals surface area contributed by atoms with Crippen LogP contribution in [0.4, 0.5) is 5.69 Å². The summed E-state index contributed by atoms with van der Waals surface area (Å²) in [6.07, 6.45) is 0. The van der Waals surface area contributed by atoms with Gasteiger partial charge in [-0.2, -0.15) is 0 Å². The number of para-hydroxylation sites is 1. The molecule has 0 aliphatic rings. The monoisotopic (exact) mass is 494 g/mol. The Morgan fingerprint density at radius 3 is 2.26 bits per heavy atom. The number of thioether (sulfide) groups is 1. The summed E-state index contributed by atoms with van der Waals surface area (Å²) in [5.74, 6) is 0.195. The van der Waals surface area contributed by atoms with Gasteiger partial charge in [-0.15, -0.1) is 11.8 Å². The fourth-order valence-electron chi connectivity index (χ4n) is 4.02. The number of halogens is 1. The van der Waals surface area contributed by atoms with Crippen LogP contribution in [0.1, 0.15) is 5.56 Å². The first kappa shape index (κ1) is 23.2. The third kappa shape index (κ3) is 5.24. The third-order valence-corrected chi connectivity index (χ3v) is 7.02. The number of carbonyl (C=O) groups excluding carboxylic acids is 1. The van der Waals surface area contributed by atoms with Crippen molar-refractivity contribution in [2.24, 2.45) is 0 Å². The van der Waals surface area contributed by atoms with Crippen LogP contribution >= 0.6 is 23.4 Å². The van der Waals surface area contributed by atoms with Gasteiger partial charge in [0.1, 0.15) is 0 Å². The molecule has 5 rings (SSSR count). The smallest absolute Gasteiger partial charge is 0.234 e. The van der Waals surface area contributed by atoms with E-state index in [1.807, 2.05) is 66.7 Å². The van der Waals surface area contributed by atoms with Crippen LogP contribution in [-0.4, -0.2) is 16.6 Å². The average molecular weight is 495 g/mol. The number of carbonyl (C=O) groups is 1. The first-order valence-corrected chi connectivity index (χ1v) is 12.7. The number of nitrogens with zero attached hydrogens (tertiary/aromatic N) is 1. The highest BCUT2D eigenvalue weighted by Crippen LogP contribution is 2.43. The molecular weight excluding hydrogens is 472 g/mol. The van der Waals surface area contributed by atoms with Gasteiger partial charge in [0.05, 0.1) is 17.0 Å². The van der Waals surface area contributed by atoms with Crippen molar-refractivity contribution in [3.05, 3.63) is 114 Å². The topological polar surface area (TPSA) is 42.0 Å². The lowest BCUT2D eigenvalue weighted by Crippen LogP contribution is -2.14. The van der Waals surface area contributed by atoms with Gasteiger partial charge in [0.25, 0.3) is 0 Å². The molecule has 3 nitrogen and oxygen atoms in total. The highest BCUT2D eigenvalue weighted by Gasteiger charge is 2.20. The molecule has 0 saturated carbocycles. The number of hydrogen-bond donors (Lipinski definition) is 1. The summed E-state index contributed by atoms with van der Waals surface area (Å²) in [7, 11) is 0. The molecule has 0 atom stereocenters. The molecule has 5 aromatic rings. The first-order valence-electron chi connectivity index (χ1n) is 11.3. The van der Waals surface area contributed by atoms with E-state index in [1.165, 1.54) is 17.3 Å². The maximum absolute atomic E-state index is 12.9. The zero-order chi connectivity index (χ0) is 24.2. The fraction of sp³-hybridized carbons (Fsp3) is 0.0667. The van der Waals surface area contributed by atoms with Crippen molar-refractivity contribution < 1.29 is 4.79 Å². The van der Waals surface area contributed by atoms with Gasteiger partial charge in [0.2, 0.25) is 5.91 Å². The quantitative estimate of drug-likeness (QED) is 0.241. The van der Waals surface area contributed by atoms with Crippen molar-refractivity contribution in [1.29, 1.82) is 0 Å². The Labute approximate surface area is 214 Å². The minimum Gasteiger partial charge on any atom is -0.325 e. The Hall–Kier alpha value is -3.60. The van der Waals surface area contributed by atoms with Crippen LogP contribution in [0.25, 0.3) is 33.3 Å². The zero-order valence-corrected chi connectivity index (χ0v) is 20.7. The second-order valence-corrected chi connectivity index (χ2v) is 9.68. The Kier molecular flexibility index (Phi) is 6.84. The molecule has 0 radical (unpaired) electrons. The standard InChI is InChI=1S/C30H23ClN2OS/c1-20-12-14-22(15-13-20)29-30(35-19-27(34)32-24-10-6-3-7-11-24)28(21-8-4-2-5-9-21)25-17-16-23(31)18-26(25)33-29/h2-18H,19H2,1H3,(H,32,34). The van der Waals surface area contributed by atoms with E-state index >= 15 is 0 Å². The van der Waals surface area contributed by atoms with Gasteiger partial charge in [0.15, 0.2) is 0 Å². The summed E-state index contributed by atoms with van der Waals surface area (Å²) in [6, 6.07) is 33.9. The van der Waals surface area contributed by atoms with E-state index < -0.39 is 0 Å². The van der Waals surface area contributed by atoms with Gasteiger partial charge >= 0.3 is 0 Å². The van der Waals surface area contributed by atoms with E-state index in [4.69, 9.17) is 16.6 Å². The number of pyridine rings is 1. The van der Waals surface area contributed by atoms with Crippen LogP contribution in [0, 0.1) is 6.92 Å². The number of hydrogen-bond acceptors (Lipinski definition) is 3. The number of benzene rings is 4. The summed E-state index contributed by atoms with van der Waals surface area (Å²) >= 11 is 7.86. The van der Waals surface area contributed by atoms with Gasteiger partial charge in [-0.3, -0.25) is 4.79 Å². The predicted octanol–water partition coefficient (Wildman–Crippen LogP) is 8.26. The van der Waals surface area contributed by atoms with Crippen molar-refractivity contribution in [2.45, 2.75) is 11.8 Å². The summed E-state index contributed by atoms with van der Waals surface area (Å²) in [6.45, 7) is 2.07. The van der Waals surface area contributed by atoms with Crippen LogP contribution in [0.5, 0.6) is 0 Å². The molecule has 0 spiro atoms. The predicted molar refractivity (Wildman–Crippen MR) is 148 cm³/mol. The van der Waals surface area contributed by atoms with Crippen LogP contribution < -0.4 is 5.32 Å². The molecule has 0 saturated heterocycles. The number of rotatable bonds is 6. The van der Waals surface area contributed by atoms with Crippen molar-refractivity contribution in [3.63, 3.8) is 0 Å². The second kappa shape index (κ2) is 10.3. The first-order chi connectivity index (χ1) is 17.1. The van der Waals surface area contributed by atoms with E-state index in [1.54, 1.807) is 0 Å². The molecule has 35 heavy (non-hydrogen) atoms. The molecule has 1 heterocycles.